The Balaban J connectivity index is 2.82. The van der Waals surface area contributed by atoms with E-state index in [9.17, 15) is 19.8 Å². The van der Waals surface area contributed by atoms with Gasteiger partial charge in [-0.05, 0) is 24.7 Å². The quantitative estimate of drug-likeness (QED) is 0.0967. The van der Waals surface area contributed by atoms with Crippen LogP contribution in [0.3, 0.4) is 0 Å². The summed E-state index contributed by atoms with van der Waals surface area (Å²) in [4.78, 5) is 25.1. The number of ether oxygens (including phenoxy) is 3. The third-order valence-electron chi connectivity index (χ3n) is 5.17. The average molecular weight is 515 g/mol. The van der Waals surface area contributed by atoms with E-state index in [1.54, 1.807) is 13.1 Å². The van der Waals surface area contributed by atoms with E-state index in [1.165, 1.54) is 12.1 Å². The van der Waals surface area contributed by atoms with E-state index in [0.29, 0.717) is 18.8 Å². The van der Waals surface area contributed by atoms with E-state index in [1.807, 2.05) is 0 Å². The average Bonchev–Trinajstić information content (AvgIpc) is 2.75. The van der Waals surface area contributed by atoms with Crippen LogP contribution < -0.4 is 10.6 Å². The number of quaternary nitrogens is 2. The van der Waals surface area contributed by atoms with Crippen LogP contribution in [-0.4, -0.2) is 139 Å². The van der Waals surface area contributed by atoms with Crippen molar-refractivity contribution in [1.82, 2.24) is 10.6 Å². The Kier molecular flexibility index (Phi) is 13.1. The number of phenolic OH excluding ortho intramolecular Hbond substituents is 2. The molecule has 0 aromatic heterocycles. The summed E-state index contributed by atoms with van der Waals surface area (Å²) in [5.74, 6) is -1.57. The van der Waals surface area contributed by atoms with Gasteiger partial charge in [-0.25, -0.2) is 4.79 Å². The fourth-order valence-corrected chi connectivity index (χ4v) is 3.00. The second-order valence-electron chi connectivity index (χ2n) is 10.9. The summed E-state index contributed by atoms with van der Waals surface area (Å²) in [6.07, 6.45) is -0.380. The first-order valence-corrected chi connectivity index (χ1v) is 12.1. The van der Waals surface area contributed by atoms with Crippen molar-refractivity contribution in [3.05, 3.63) is 23.8 Å². The van der Waals surface area contributed by atoms with Crippen LogP contribution in [0.5, 0.6) is 11.5 Å². The molecule has 2 atom stereocenters. The minimum atomic E-state index is -0.985. The molecule has 0 aliphatic heterocycles. The number of hydrogen-bond acceptors (Lipinski definition) is 8. The molecule has 1 unspecified atom stereocenters. The number of aromatic hydroxyl groups is 2. The van der Waals surface area contributed by atoms with Gasteiger partial charge in [0.2, 0.25) is 5.91 Å². The van der Waals surface area contributed by atoms with Crippen molar-refractivity contribution in [2.45, 2.75) is 18.6 Å². The first-order valence-electron chi connectivity index (χ1n) is 12.1. The summed E-state index contributed by atoms with van der Waals surface area (Å²) < 4.78 is 18.8. The van der Waals surface area contributed by atoms with Crippen molar-refractivity contribution in [3.8, 4) is 11.5 Å². The fraction of sp³-hybridized carbons (Fsp3) is 0.680. The molecule has 0 radical (unpaired) electrons. The molecule has 0 bridgehead atoms. The lowest BCUT2D eigenvalue weighted by Gasteiger charge is -2.26. The number of carbonyl (C=O) groups is 2. The van der Waals surface area contributed by atoms with Gasteiger partial charge in [-0.15, -0.1) is 0 Å². The molecule has 0 fully saturated rings. The van der Waals surface area contributed by atoms with Crippen LogP contribution in [0.25, 0.3) is 0 Å². The molecule has 1 amide bonds. The van der Waals surface area contributed by atoms with Crippen molar-refractivity contribution in [2.75, 3.05) is 95.4 Å². The van der Waals surface area contributed by atoms with E-state index >= 15 is 0 Å². The number of amides is 1. The van der Waals surface area contributed by atoms with Crippen LogP contribution in [0.2, 0.25) is 0 Å². The number of carbonyl (C=O) groups excluding carboxylic acids is 2. The zero-order valence-corrected chi connectivity index (χ0v) is 22.9. The number of hydrogen-bond donors (Lipinski definition) is 4. The minimum absolute atomic E-state index is 0.0282. The number of rotatable bonds is 17. The molecule has 1 rings (SSSR count). The molecule has 0 aliphatic rings. The first-order chi connectivity index (χ1) is 16.7. The molecule has 4 N–H and O–H groups in total. The van der Waals surface area contributed by atoms with Crippen LogP contribution >= 0.6 is 0 Å². The summed E-state index contributed by atoms with van der Waals surface area (Å²) in [6.45, 7) is 2.88. The SMILES string of the molecule is CNCC(=O)N[C@@H](Cc1ccc(O)c(O)c1)C(=O)OCC(COCC[N+](C)(C)C)OCC[N+](C)(C)C. The highest BCUT2D eigenvalue weighted by atomic mass is 16.6. The normalized spacial score (nSPS) is 13.8. The van der Waals surface area contributed by atoms with Gasteiger partial charge in [-0.2, -0.15) is 0 Å². The second-order valence-corrected chi connectivity index (χ2v) is 10.9. The Labute approximate surface area is 215 Å². The van der Waals surface area contributed by atoms with Crippen LogP contribution in [0.1, 0.15) is 5.56 Å². The highest BCUT2D eigenvalue weighted by Crippen LogP contribution is 2.25. The zero-order chi connectivity index (χ0) is 27.4. The van der Waals surface area contributed by atoms with Crippen molar-refractivity contribution in [3.63, 3.8) is 0 Å². The molecule has 0 spiro atoms. The Morgan fingerprint density at radius 3 is 2.17 bits per heavy atom. The van der Waals surface area contributed by atoms with E-state index in [4.69, 9.17) is 14.2 Å². The van der Waals surface area contributed by atoms with Crippen molar-refractivity contribution in [1.29, 1.82) is 0 Å². The van der Waals surface area contributed by atoms with Crippen molar-refractivity contribution in [2.24, 2.45) is 0 Å². The van der Waals surface area contributed by atoms with Crippen LogP contribution in [-0.2, 0) is 30.2 Å². The lowest BCUT2D eigenvalue weighted by molar-refractivity contribution is -0.871. The van der Waals surface area contributed by atoms with Crippen LogP contribution in [0.4, 0.5) is 0 Å². The summed E-state index contributed by atoms with van der Waals surface area (Å²) in [6, 6.07) is 3.25. The molecule has 36 heavy (non-hydrogen) atoms. The molecule has 1 aromatic rings. The lowest BCUT2D eigenvalue weighted by Crippen LogP contribution is -2.47. The first kappa shape index (κ1) is 31.6. The number of likely N-dealkylation sites (N-methyl/N-ethyl adjacent to an activating group) is 3. The maximum atomic E-state index is 13.0. The van der Waals surface area contributed by atoms with Gasteiger partial charge >= 0.3 is 5.97 Å². The zero-order valence-electron chi connectivity index (χ0n) is 22.9. The molecule has 0 saturated heterocycles. The highest BCUT2D eigenvalue weighted by molar-refractivity contribution is 5.85. The molecule has 1 aromatic carbocycles. The van der Waals surface area contributed by atoms with E-state index < -0.39 is 18.1 Å². The van der Waals surface area contributed by atoms with Gasteiger partial charge < -0.3 is 44.0 Å². The highest BCUT2D eigenvalue weighted by Gasteiger charge is 2.25. The minimum Gasteiger partial charge on any atom is -0.504 e. The van der Waals surface area contributed by atoms with E-state index in [2.05, 4.69) is 52.9 Å². The Morgan fingerprint density at radius 1 is 0.944 bits per heavy atom. The molecular formula is C25H46N4O7+2. The molecule has 0 heterocycles. The van der Waals surface area contributed by atoms with Crippen LogP contribution in [0, 0.1) is 0 Å². The van der Waals surface area contributed by atoms with Gasteiger partial charge in [-0.1, -0.05) is 6.07 Å². The van der Waals surface area contributed by atoms with Crippen LogP contribution in [0.15, 0.2) is 18.2 Å². The summed E-state index contributed by atoms with van der Waals surface area (Å²) >= 11 is 0. The molecule has 206 valence electrons. The number of nitrogens with zero attached hydrogens (tertiary/aromatic N) is 2. The number of phenols is 2. The van der Waals surface area contributed by atoms with E-state index in [-0.39, 0.29) is 43.6 Å². The molecule has 11 nitrogen and oxygen atoms in total. The molecular weight excluding hydrogens is 468 g/mol. The summed E-state index contributed by atoms with van der Waals surface area (Å²) in [5, 5.41) is 24.7. The maximum Gasteiger partial charge on any atom is 0.329 e. The van der Waals surface area contributed by atoms with Gasteiger partial charge in [0, 0.05) is 6.42 Å². The standard InChI is InChI=1S/C25H44N4O7/c1-26-16-24(32)27-21(14-19-8-9-22(30)23(31)15-19)25(33)36-18-20(35-13-11-29(5,6)7)17-34-12-10-28(2,3)4/h8-9,15,20-21,26H,10-14,16-18H2,1-7H3,(H-2,27,30,31,32)/p+2/t20?,21-/m0/s1. The van der Waals surface area contributed by atoms with Gasteiger partial charge in [0.1, 0.15) is 31.8 Å². The smallest absolute Gasteiger partial charge is 0.329 e. The third-order valence-corrected chi connectivity index (χ3v) is 5.17. The fourth-order valence-electron chi connectivity index (χ4n) is 3.00. The van der Waals surface area contributed by atoms with E-state index in [0.717, 1.165) is 22.1 Å². The number of nitrogens with one attached hydrogen (secondary N) is 2. The molecule has 0 saturated carbocycles. The second kappa shape index (κ2) is 15.0. The lowest BCUT2D eigenvalue weighted by atomic mass is 10.1. The topological polar surface area (TPSA) is 126 Å². The van der Waals surface area contributed by atoms with Gasteiger partial charge in [-0.3, -0.25) is 4.79 Å². The Hall–Kier alpha value is -2.44. The Morgan fingerprint density at radius 2 is 1.58 bits per heavy atom. The van der Waals surface area contributed by atoms with Gasteiger partial charge in [0.15, 0.2) is 11.5 Å². The maximum absolute atomic E-state index is 13.0. The monoisotopic (exact) mass is 514 g/mol. The van der Waals surface area contributed by atoms with Gasteiger partial charge in [0.25, 0.3) is 0 Å². The molecule has 11 heteroatoms. The number of benzene rings is 1. The molecule has 0 aliphatic carbocycles. The summed E-state index contributed by atoms with van der Waals surface area (Å²) in [5.41, 5.74) is 0.552. The Bertz CT molecular complexity index is 822. The summed E-state index contributed by atoms with van der Waals surface area (Å²) in [7, 11) is 14.1. The van der Waals surface area contributed by atoms with Crippen molar-refractivity contribution < 1.29 is 43.0 Å². The third kappa shape index (κ3) is 14.2. The predicted octanol–water partition coefficient (Wildman–Crippen LogP) is -0.298. The largest absolute Gasteiger partial charge is 0.504 e. The number of esters is 1. The predicted molar refractivity (Wildman–Crippen MR) is 137 cm³/mol. The van der Waals surface area contributed by atoms with Crippen molar-refractivity contribution >= 4 is 11.9 Å². The van der Waals surface area contributed by atoms with Gasteiger partial charge in [0.05, 0.1) is 68.7 Å².